The standard InChI is InChI=1S/C21H30N4OS/c1-3-22-21(23-15-17-8-10-18(26-2)11-9-17)24-16-19(20-7-6-14-27-20)25-12-4-5-13-25/h6-11,14,19H,3-5,12-13,15-16H2,1-2H3,(H2,22,23,24). The van der Waals surface area contributed by atoms with Crippen LogP contribution in [0.15, 0.2) is 46.8 Å². The van der Waals surface area contributed by atoms with Gasteiger partial charge in [-0.25, -0.2) is 4.99 Å². The summed E-state index contributed by atoms with van der Waals surface area (Å²) in [6.45, 7) is 6.83. The van der Waals surface area contributed by atoms with E-state index in [1.165, 1.54) is 36.4 Å². The van der Waals surface area contributed by atoms with E-state index in [4.69, 9.17) is 9.73 Å². The third kappa shape index (κ3) is 5.71. The number of nitrogens with one attached hydrogen (secondary N) is 2. The van der Waals surface area contributed by atoms with E-state index in [-0.39, 0.29) is 0 Å². The molecule has 1 fully saturated rings. The first-order valence-electron chi connectivity index (χ1n) is 9.72. The van der Waals surface area contributed by atoms with Crippen molar-refractivity contribution in [2.75, 3.05) is 33.3 Å². The lowest BCUT2D eigenvalue weighted by Gasteiger charge is -2.27. The normalized spacial score (nSPS) is 16.3. The third-order valence-electron chi connectivity index (χ3n) is 4.84. The summed E-state index contributed by atoms with van der Waals surface area (Å²) in [6.07, 6.45) is 2.60. The van der Waals surface area contributed by atoms with Crippen molar-refractivity contribution in [3.8, 4) is 5.75 Å². The van der Waals surface area contributed by atoms with Crippen molar-refractivity contribution < 1.29 is 4.74 Å². The Morgan fingerprint density at radius 2 is 1.96 bits per heavy atom. The number of methoxy groups -OCH3 is 1. The van der Waals surface area contributed by atoms with Gasteiger partial charge in [0.05, 0.1) is 19.7 Å². The average Bonchev–Trinajstić information content (AvgIpc) is 3.41. The van der Waals surface area contributed by atoms with Gasteiger partial charge in [0.1, 0.15) is 5.75 Å². The Morgan fingerprint density at radius 3 is 2.59 bits per heavy atom. The van der Waals surface area contributed by atoms with Gasteiger partial charge in [-0.2, -0.15) is 0 Å². The number of aliphatic imine (C=N–C) groups is 1. The number of hydrogen-bond acceptors (Lipinski definition) is 4. The van der Waals surface area contributed by atoms with Crippen LogP contribution in [0.5, 0.6) is 5.75 Å². The lowest BCUT2D eigenvalue weighted by molar-refractivity contribution is 0.249. The summed E-state index contributed by atoms with van der Waals surface area (Å²) in [7, 11) is 1.69. The predicted molar refractivity (Wildman–Crippen MR) is 114 cm³/mol. The molecule has 1 saturated heterocycles. The Bertz CT molecular complexity index is 693. The second-order valence-corrected chi connectivity index (χ2v) is 7.68. The van der Waals surface area contributed by atoms with E-state index in [0.29, 0.717) is 12.6 Å². The van der Waals surface area contributed by atoms with Gasteiger partial charge in [0, 0.05) is 18.0 Å². The zero-order chi connectivity index (χ0) is 18.9. The summed E-state index contributed by atoms with van der Waals surface area (Å²) in [5, 5.41) is 9.09. The van der Waals surface area contributed by atoms with Crippen LogP contribution in [0.2, 0.25) is 0 Å². The van der Waals surface area contributed by atoms with Gasteiger partial charge >= 0.3 is 0 Å². The molecule has 3 rings (SSSR count). The molecule has 2 N–H and O–H groups in total. The molecular weight excluding hydrogens is 356 g/mol. The number of rotatable bonds is 8. The maximum Gasteiger partial charge on any atom is 0.191 e. The highest BCUT2D eigenvalue weighted by Gasteiger charge is 2.24. The predicted octanol–water partition coefficient (Wildman–Crippen LogP) is 3.65. The second kappa shape index (κ2) is 10.3. The Balaban J connectivity index is 1.63. The summed E-state index contributed by atoms with van der Waals surface area (Å²) < 4.78 is 5.22. The van der Waals surface area contributed by atoms with Crippen molar-refractivity contribution in [3.63, 3.8) is 0 Å². The van der Waals surface area contributed by atoms with E-state index in [0.717, 1.165) is 24.8 Å². The number of benzene rings is 1. The summed E-state index contributed by atoms with van der Waals surface area (Å²) in [5.41, 5.74) is 1.17. The van der Waals surface area contributed by atoms with Crippen LogP contribution >= 0.6 is 11.3 Å². The fourth-order valence-corrected chi connectivity index (χ4v) is 4.24. The van der Waals surface area contributed by atoms with Crippen LogP contribution in [0.3, 0.4) is 0 Å². The summed E-state index contributed by atoms with van der Waals surface area (Å²) >= 11 is 1.84. The molecule has 27 heavy (non-hydrogen) atoms. The quantitative estimate of drug-likeness (QED) is 0.537. The number of ether oxygens (including phenoxy) is 1. The van der Waals surface area contributed by atoms with Gasteiger partial charge in [-0.05, 0) is 62.0 Å². The van der Waals surface area contributed by atoms with Crippen LogP contribution in [0, 0.1) is 0 Å². The molecule has 0 aliphatic carbocycles. The van der Waals surface area contributed by atoms with Crippen LogP contribution in [0.25, 0.3) is 0 Å². The topological polar surface area (TPSA) is 48.9 Å². The van der Waals surface area contributed by atoms with Crippen molar-refractivity contribution in [3.05, 3.63) is 52.2 Å². The molecule has 5 nitrogen and oxygen atoms in total. The van der Waals surface area contributed by atoms with Crippen molar-refractivity contribution in [2.24, 2.45) is 4.99 Å². The average molecular weight is 387 g/mol. The first-order chi connectivity index (χ1) is 13.3. The highest BCUT2D eigenvalue weighted by molar-refractivity contribution is 7.10. The van der Waals surface area contributed by atoms with E-state index < -0.39 is 0 Å². The molecule has 1 aliphatic rings. The molecule has 1 aromatic carbocycles. The summed E-state index contributed by atoms with van der Waals surface area (Å²) in [4.78, 5) is 8.77. The van der Waals surface area contributed by atoms with Crippen molar-refractivity contribution in [2.45, 2.75) is 32.4 Å². The van der Waals surface area contributed by atoms with E-state index >= 15 is 0 Å². The molecule has 146 valence electrons. The summed E-state index contributed by atoms with van der Waals surface area (Å²) in [5.74, 6) is 1.74. The fourth-order valence-electron chi connectivity index (χ4n) is 3.38. The Morgan fingerprint density at radius 1 is 1.19 bits per heavy atom. The molecule has 0 spiro atoms. The van der Waals surface area contributed by atoms with Gasteiger partial charge in [0.2, 0.25) is 0 Å². The van der Waals surface area contributed by atoms with Crippen LogP contribution < -0.4 is 15.4 Å². The largest absolute Gasteiger partial charge is 0.497 e. The maximum atomic E-state index is 5.22. The molecule has 0 radical (unpaired) electrons. The van der Waals surface area contributed by atoms with Crippen LogP contribution in [0.1, 0.15) is 36.2 Å². The Hall–Kier alpha value is -2.05. The number of nitrogens with zero attached hydrogens (tertiary/aromatic N) is 2. The van der Waals surface area contributed by atoms with Crippen molar-refractivity contribution >= 4 is 17.3 Å². The molecule has 6 heteroatoms. The van der Waals surface area contributed by atoms with Gasteiger partial charge in [0.15, 0.2) is 5.96 Å². The maximum absolute atomic E-state index is 5.22. The van der Waals surface area contributed by atoms with Gasteiger partial charge in [0.25, 0.3) is 0 Å². The molecule has 1 aromatic heterocycles. The minimum atomic E-state index is 0.414. The third-order valence-corrected chi connectivity index (χ3v) is 5.81. The highest BCUT2D eigenvalue weighted by atomic mass is 32.1. The van der Waals surface area contributed by atoms with Crippen LogP contribution in [-0.2, 0) is 6.54 Å². The lowest BCUT2D eigenvalue weighted by Crippen LogP contribution is -2.42. The van der Waals surface area contributed by atoms with E-state index in [1.807, 2.05) is 23.5 Å². The number of likely N-dealkylation sites (tertiary alicyclic amines) is 1. The van der Waals surface area contributed by atoms with Gasteiger partial charge in [-0.15, -0.1) is 11.3 Å². The molecule has 0 bridgehead atoms. The van der Waals surface area contributed by atoms with Crippen LogP contribution in [0.4, 0.5) is 0 Å². The van der Waals surface area contributed by atoms with Gasteiger partial charge in [-0.1, -0.05) is 18.2 Å². The lowest BCUT2D eigenvalue weighted by atomic mass is 10.2. The molecule has 0 amide bonds. The first-order valence-corrected chi connectivity index (χ1v) is 10.6. The van der Waals surface area contributed by atoms with Crippen molar-refractivity contribution in [1.29, 1.82) is 0 Å². The zero-order valence-electron chi connectivity index (χ0n) is 16.3. The second-order valence-electron chi connectivity index (χ2n) is 6.70. The zero-order valence-corrected chi connectivity index (χ0v) is 17.1. The van der Waals surface area contributed by atoms with E-state index in [2.05, 4.69) is 52.1 Å². The smallest absolute Gasteiger partial charge is 0.191 e. The molecule has 2 heterocycles. The minimum Gasteiger partial charge on any atom is -0.497 e. The molecule has 1 atom stereocenters. The SMILES string of the molecule is CCNC(=NCc1ccc(OC)cc1)NCC(c1cccs1)N1CCCC1. The molecular formula is C21H30N4OS. The van der Waals surface area contributed by atoms with Crippen molar-refractivity contribution in [1.82, 2.24) is 15.5 Å². The molecule has 1 aliphatic heterocycles. The van der Waals surface area contributed by atoms with Gasteiger partial charge < -0.3 is 15.4 Å². The van der Waals surface area contributed by atoms with E-state index in [1.54, 1.807) is 7.11 Å². The number of thiophene rings is 1. The summed E-state index contributed by atoms with van der Waals surface area (Å²) in [6, 6.07) is 12.9. The Kier molecular flexibility index (Phi) is 7.54. The highest BCUT2D eigenvalue weighted by Crippen LogP contribution is 2.27. The van der Waals surface area contributed by atoms with Crippen LogP contribution in [-0.4, -0.2) is 44.1 Å². The number of hydrogen-bond donors (Lipinski definition) is 2. The minimum absolute atomic E-state index is 0.414. The number of guanidine groups is 1. The monoisotopic (exact) mass is 386 g/mol. The molecule has 0 saturated carbocycles. The fraction of sp³-hybridized carbons (Fsp3) is 0.476. The Labute approximate surface area is 166 Å². The van der Waals surface area contributed by atoms with Gasteiger partial charge in [-0.3, -0.25) is 4.90 Å². The first kappa shape index (κ1) is 19.7. The molecule has 2 aromatic rings. The van der Waals surface area contributed by atoms with E-state index in [9.17, 15) is 0 Å². The molecule has 1 unspecified atom stereocenters.